The third kappa shape index (κ3) is 3.98. The lowest BCUT2D eigenvalue weighted by atomic mass is 9.83. The van der Waals surface area contributed by atoms with Crippen LogP contribution in [0.1, 0.15) is 44.2 Å². The monoisotopic (exact) mass is 372 g/mol. The number of hydrogen-bond acceptors (Lipinski definition) is 3. The van der Waals surface area contributed by atoms with Crippen LogP contribution >= 0.6 is 0 Å². The number of benzene rings is 1. The van der Waals surface area contributed by atoms with Crippen molar-refractivity contribution in [3.63, 3.8) is 0 Å². The number of amides is 2. The smallest absolute Gasteiger partial charge is 0.320 e. The molecule has 7 heteroatoms. The summed E-state index contributed by atoms with van der Waals surface area (Å²) in [5.74, 6) is 0.401. The summed E-state index contributed by atoms with van der Waals surface area (Å²) in [5.41, 5.74) is 0.995. The number of carbonyl (C=O) groups is 1. The fraction of sp³-hybridized carbons (Fsp3) is 0.500. The van der Waals surface area contributed by atoms with Gasteiger partial charge in [0.25, 0.3) is 0 Å². The molecule has 144 valence electrons. The minimum atomic E-state index is -0.562. The Balaban J connectivity index is 1.46. The van der Waals surface area contributed by atoms with Gasteiger partial charge in [-0.25, -0.2) is 9.18 Å². The summed E-state index contributed by atoms with van der Waals surface area (Å²) in [6.07, 6.45) is 7.32. The highest BCUT2D eigenvalue weighted by Gasteiger charge is 2.36. The normalized spacial score (nSPS) is 20.1. The van der Waals surface area contributed by atoms with Crippen LogP contribution in [0.25, 0.3) is 0 Å². The lowest BCUT2D eigenvalue weighted by molar-refractivity contribution is 0.0418. The zero-order valence-electron chi connectivity index (χ0n) is 15.5. The average molecular weight is 372 g/mol. The first-order chi connectivity index (χ1) is 13.1. The van der Waals surface area contributed by atoms with Gasteiger partial charge in [0.1, 0.15) is 5.82 Å². The van der Waals surface area contributed by atoms with Gasteiger partial charge in [-0.1, -0.05) is 12.1 Å². The minimum absolute atomic E-state index is 0.289. The van der Waals surface area contributed by atoms with Crippen molar-refractivity contribution in [1.29, 1.82) is 0 Å². The average Bonchev–Trinajstić information content (AvgIpc) is 3.42. The largest absolute Gasteiger partial charge is 0.381 e. The van der Waals surface area contributed by atoms with Crippen LogP contribution in [0.4, 0.5) is 14.9 Å². The van der Waals surface area contributed by atoms with Crippen LogP contribution in [0.5, 0.6) is 0 Å². The highest BCUT2D eigenvalue weighted by molar-refractivity contribution is 5.89. The van der Waals surface area contributed by atoms with Gasteiger partial charge in [-0.2, -0.15) is 5.10 Å². The molecule has 1 aliphatic heterocycles. The predicted octanol–water partition coefficient (Wildman–Crippen LogP) is 3.82. The van der Waals surface area contributed by atoms with Crippen LogP contribution < -0.4 is 10.6 Å². The molecule has 2 N–H and O–H groups in total. The summed E-state index contributed by atoms with van der Waals surface area (Å²) in [7, 11) is 0. The first-order valence-corrected chi connectivity index (χ1v) is 9.53. The number of urea groups is 1. The second-order valence-corrected chi connectivity index (χ2v) is 7.57. The molecule has 1 saturated carbocycles. The molecule has 2 amide bonds. The van der Waals surface area contributed by atoms with E-state index in [-0.39, 0.29) is 11.8 Å². The Morgan fingerprint density at radius 1 is 1.30 bits per heavy atom. The van der Waals surface area contributed by atoms with Gasteiger partial charge in [0.2, 0.25) is 0 Å². The molecule has 4 rings (SSSR count). The number of nitrogens with one attached hydrogen (secondary N) is 2. The second kappa shape index (κ2) is 7.31. The number of carbonyl (C=O) groups excluding carboxylic acids is 1. The van der Waals surface area contributed by atoms with Crippen molar-refractivity contribution in [1.82, 2.24) is 15.1 Å². The molecule has 2 heterocycles. The van der Waals surface area contributed by atoms with E-state index in [4.69, 9.17) is 4.74 Å². The van der Waals surface area contributed by atoms with Crippen molar-refractivity contribution >= 4 is 11.7 Å². The van der Waals surface area contributed by atoms with E-state index in [2.05, 4.69) is 22.7 Å². The van der Waals surface area contributed by atoms with Crippen molar-refractivity contribution in [3.05, 3.63) is 48.0 Å². The Morgan fingerprint density at radius 3 is 2.67 bits per heavy atom. The molecule has 0 radical (unpaired) electrons. The highest BCUT2D eigenvalue weighted by atomic mass is 19.1. The van der Waals surface area contributed by atoms with Crippen LogP contribution in [-0.4, -0.2) is 29.0 Å². The Bertz CT molecular complexity index is 795. The van der Waals surface area contributed by atoms with Crippen molar-refractivity contribution in [3.8, 4) is 0 Å². The molecule has 2 aromatic rings. The van der Waals surface area contributed by atoms with Gasteiger partial charge in [0, 0.05) is 19.4 Å². The number of nitrogens with zero attached hydrogens (tertiary/aromatic N) is 2. The standard InChI is InChI=1S/C20H25FN4O2/c1-14(15-2-3-15)25-13-18(12-22-25)23-19(26)24-20(8-10-27-11-9-20)16-4-6-17(21)7-5-16/h4-7,12-15H,2-3,8-11H2,1H3,(H2,23,24,26). The summed E-state index contributed by atoms with van der Waals surface area (Å²) in [5, 5.41) is 10.4. The topological polar surface area (TPSA) is 68.2 Å². The van der Waals surface area contributed by atoms with E-state index < -0.39 is 5.54 Å². The summed E-state index contributed by atoms with van der Waals surface area (Å²) in [6.45, 7) is 3.25. The lowest BCUT2D eigenvalue weighted by Crippen LogP contribution is -2.50. The minimum Gasteiger partial charge on any atom is -0.381 e. The molecular formula is C20H25FN4O2. The molecule has 2 fully saturated rings. The van der Waals surface area contributed by atoms with E-state index in [0.717, 1.165) is 5.56 Å². The maximum Gasteiger partial charge on any atom is 0.320 e. The maximum atomic E-state index is 13.3. The predicted molar refractivity (Wildman–Crippen MR) is 99.9 cm³/mol. The Morgan fingerprint density at radius 2 is 2.00 bits per heavy atom. The Hall–Kier alpha value is -2.41. The third-order valence-electron chi connectivity index (χ3n) is 5.68. The zero-order chi connectivity index (χ0) is 18.9. The maximum absolute atomic E-state index is 13.3. The van der Waals surface area contributed by atoms with E-state index >= 15 is 0 Å². The number of rotatable bonds is 5. The van der Waals surface area contributed by atoms with Crippen molar-refractivity contribution in [2.24, 2.45) is 5.92 Å². The lowest BCUT2D eigenvalue weighted by Gasteiger charge is -2.38. The van der Waals surface area contributed by atoms with Gasteiger partial charge < -0.3 is 15.4 Å². The quantitative estimate of drug-likeness (QED) is 0.838. The van der Waals surface area contributed by atoms with Gasteiger partial charge in [0.05, 0.1) is 23.5 Å². The van der Waals surface area contributed by atoms with Crippen LogP contribution in [-0.2, 0) is 10.3 Å². The number of halogens is 1. The van der Waals surface area contributed by atoms with Gasteiger partial charge in [-0.05, 0) is 56.2 Å². The summed E-state index contributed by atoms with van der Waals surface area (Å²) in [6, 6.07) is 6.38. The molecule has 1 saturated heterocycles. The SMILES string of the molecule is CC(C1CC1)n1cc(NC(=O)NC2(c3ccc(F)cc3)CCOCC2)cn1. The van der Waals surface area contributed by atoms with E-state index in [1.807, 2.05) is 10.9 Å². The van der Waals surface area contributed by atoms with Crippen LogP contribution in [0.2, 0.25) is 0 Å². The highest BCUT2D eigenvalue weighted by Crippen LogP contribution is 2.39. The van der Waals surface area contributed by atoms with Crippen molar-refractivity contribution in [2.45, 2.75) is 44.2 Å². The fourth-order valence-corrected chi connectivity index (χ4v) is 3.77. The third-order valence-corrected chi connectivity index (χ3v) is 5.68. The van der Waals surface area contributed by atoms with Gasteiger partial charge in [-0.15, -0.1) is 0 Å². The molecular weight excluding hydrogens is 347 g/mol. The second-order valence-electron chi connectivity index (χ2n) is 7.57. The van der Waals surface area contributed by atoms with Crippen LogP contribution in [0.3, 0.4) is 0 Å². The summed E-state index contributed by atoms with van der Waals surface area (Å²) < 4.78 is 20.7. The summed E-state index contributed by atoms with van der Waals surface area (Å²) >= 11 is 0. The molecule has 0 bridgehead atoms. The van der Waals surface area contributed by atoms with Crippen LogP contribution in [0, 0.1) is 11.7 Å². The first-order valence-electron chi connectivity index (χ1n) is 9.53. The number of anilines is 1. The Kier molecular flexibility index (Phi) is 4.86. The summed E-state index contributed by atoms with van der Waals surface area (Å²) in [4.78, 5) is 12.7. The van der Waals surface area contributed by atoms with Crippen molar-refractivity contribution in [2.75, 3.05) is 18.5 Å². The molecule has 6 nitrogen and oxygen atoms in total. The molecule has 0 spiro atoms. The van der Waals surface area contributed by atoms with Crippen molar-refractivity contribution < 1.29 is 13.9 Å². The van der Waals surface area contributed by atoms with Gasteiger partial charge >= 0.3 is 6.03 Å². The molecule has 1 aromatic carbocycles. The number of aromatic nitrogens is 2. The Labute approximate surface area is 158 Å². The molecule has 27 heavy (non-hydrogen) atoms. The number of hydrogen-bond donors (Lipinski definition) is 2. The zero-order valence-corrected chi connectivity index (χ0v) is 15.5. The number of ether oxygens (including phenoxy) is 1. The van der Waals surface area contributed by atoms with E-state index in [1.165, 1.54) is 25.0 Å². The molecule has 1 aromatic heterocycles. The molecule has 1 atom stereocenters. The van der Waals surface area contributed by atoms with Gasteiger partial charge in [0.15, 0.2) is 0 Å². The molecule has 1 aliphatic carbocycles. The van der Waals surface area contributed by atoms with Gasteiger partial charge in [-0.3, -0.25) is 4.68 Å². The fourth-order valence-electron chi connectivity index (χ4n) is 3.77. The van der Waals surface area contributed by atoms with Crippen LogP contribution in [0.15, 0.2) is 36.7 Å². The molecule has 2 aliphatic rings. The van der Waals surface area contributed by atoms with E-state index in [1.54, 1.807) is 18.3 Å². The van der Waals surface area contributed by atoms with E-state index in [9.17, 15) is 9.18 Å². The molecule has 1 unspecified atom stereocenters. The first kappa shape index (κ1) is 18.0. The van der Waals surface area contributed by atoms with E-state index in [0.29, 0.717) is 43.7 Å².